The van der Waals surface area contributed by atoms with Gasteiger partial charge in [0, 0.05) is 18.9 Å². The molecule has 1 aliphatic heterocycles. The van der Waals surface area contributed by atoms with Crippen molar-refractivity contribution in [3.8, 4) is 11.5 Å². The molecule has 1 fully saturated rings. The van der Waals surface area contributed by atoms with Gasteiger partial charge in [-0.05, 0) is 86.6 Å². The number of hydrogen-bond acceptors (Lipinski definition) is 6. The Morgan fingerprint density at radius 2 is 1.84 bits per heavy atom. The molecule has 1 atom stereocenters. The minimum absolute atomic E-state index is 0.0356. The van der Waals surface area contributed by atoms with Gasteiger partial charge in [0.2, 0.25) is 5.91 Å². The van der Waals surface area contributed by atoms with Crippen molar-refractivity contribution in [2.75, 3.05) is 40.4 Å². The van der Waals surface area contributed by atoms with Crippen molar-refractivity contribution < 1.29 is 14.3 Å². The Bertz CT molecular complexity index is 810. The normalized spacial score (nSPS) is 15.3. The van der Waals surface area contributed by atoms with Crippen molar-refractivity contribution in [1.29, 1.82) is 0 Å². The van der Waals surface area contributed by atoms with Gasteiger partial charge in [-0.3, -0.25) is 9.78 Å². The zero-order valence-electron chi connectivity index (χ0n) is 18.5. The molecule has 2 heterocycles. The number of amides is 1. The zero-order chi connectivity index (χ0) is 21.9. The number of methoxy groups -OCH3 is 2. The summed E-state index contributed by atoms with van der Waals surface area (Å²) in [7, 11) is 3.22. The molecule has 1 amide bonds. The SMILES string of the molecule is COc1ccc(C(NCCC2CCNCC2)C(=O)NCCc2ccncc2)cc1OC. The molecular formula is C24H34N4O3. The largest absolute Gasteiger partial charge is 0.493 e. The lowest BCUT2D eigenvalue weighted by atomic mass is 9.94. The highest BCUT2D eigenvalue weighted by Gasteiger charge is 2.22. The fourth-order valence-electron chi connectivity index (χ4n) is 3.98. The fraction of sp³-hybridized carbons (Fsp3) is 0.500. The van der Waals surface area contributed by atoms with Gasteiger partial charge in [0.05, 0.1) is 14.2 Å². The predicted octanol–water partition coefficient (Wildman–Crippen LogP) is 2.48. The van der Waals surface area contributed by atoms with Crippen LogP contribution >= 0.6 is 0 Å². The van der Waals surface area contributed by atoms with E-state index >= 15 is 0 Å². The Morgan fingerprint density at radius 1 is 1.10 bits per heavy atom. The van der Waals surface area contributed by atoms with Crippen LogP contribution in [0.15, 0.2) is 42.7 Å². The molecule has 7 heteroatoms. The van der Waals surface area contributed by atoms with Crippen molar-refractivity contribution in [1.82, 2.24) is 20.9 Å². The monoisotopic (exact) mass is 426 g/mol. The molecule has 1 aromatic heterocycles. The molecule has 0 radical (unpaired) electrons. The summed E-state index contributed by atoms with van der Waals surface area (Å²) >= 11 is 0. The Hall–Kier alpha value is -2.64. The number of piperidine rings is 1. The number of aromatic nitrogens is 1. The number of ether oxygens (including phenoxy) is 2. The highest BCUT2D eigenvalue weighted by Crippen LogP contribution is 2.30. The van der Waals surface area contributed by atoms with Crippen LogP contribution in [0.2, 0.25) is 0 Å². The summed E-state index contributed by atoms with van der Waals surface area (Å²) in [5.74, 6) is 1.94. The maximum Gasteiger partial charge on any atom is 0.241 e. The van der Waals surface area contributed by atoms with Crippen LogP contribution in [0.3, 0.4) is 0 Å². The van der Waals surface area contributed by atoms with Gasteiger partial charge in [0.25, 0.3) is 0 Å². The van der Waals surface area contributed by atoms with E-state index in [2.05, 4.69) is 20.9 Å². The second-order valence-electron chi connectivity index (χ2n) is 7.88. The molecule has 2 aromatic rings. The summed E-state index contributed by atoms with van der Waals surface area (Å²) in [5, 5.41) is 9.97. The fourth-order valence-corrected chi connectivity index (χ4v) is 3.98. The average molecular weight is 427 g/mol. The van der Waals surface area contributed by atoms with E-state index in [1.54, 1.807) is 26.6 Å². The predicted molar refractivity (Wildman–Crippen MR) is 121 cm³/mol. The molecule has 1 saturated heterocycles. The lowest BCUT2D eigenvalue weighted by Gasteiger charge is -2.25. The van der Waals surface area contributed by atoms with Crippen molar-refractivity contribution in [2.24, 2.45) is 5.92 Å². The maximum atomic E-state index is 13.1. The number of rotatable bonds is 11. The van der Waals surface area contributed by atoms with Gasteiger partial charge >= 0.3 is 0 Å². The van der Waals surface area contributed by atoms with Crippen LogP contribution in [0.4, 0.5) is 0 Å². The van der Waals surface area contributed by atoms with Crippen LogP contribution in [-0.4, -0.2) is 51.3 Å². The molecule has 0 spiro atoms. The van der Waals surface area contributed by atoms with Gasteiger partial charge < -0.3 is 25.4 Å². The van der Waals surface area contributed by atoms with Crippen LogP contribution in [0, 0.1) is 5.92 Å². The molecule has 7 nitrogen and oxygen atoms in total. The summed E-state index contributed by atoms with van der Waals surface area (Å²) in [6.45, 7) is 3.53. The summed E-state index contributed by atoms with van der Waals surface area (Å²) in [5.41, 5.74) is 2.02. The third-order valence-corrected chi connectivity index (χ3v) is 5.83. The summed E-state index contributed by atoms with van der Waals surface area (Å²) < 4.78 is 10.8. The average Bonchev–Trinajstić information content (AvgIpc) is 2.82. The molecule has 0 aliphatic carbocycles. The van der Waals surface area contributed by atoms with E-state index < -0.39 is 6.04 Å². The number of benzene rings is 1. The lowest BCUT2D eigenvalue weighted by molar-refractivity contribution is -0.123. The van der Waals surface area contributed by atoms with Gasteiger partial charge in [-0.1, -0.05) is 6.07 Å². The number of pyridine rings is 1. The Labute approximate surface area is 184 Å². The molecule has 1 unspecified atom stereocenters. The first kappa shape index (κ1) is 23.0. The minimum atomic E-state index is -0.445. The van der Waals surface area contributed by atoms with E-state index in [-0.39, 0.29) is 5.91 Å². The Balaban J connectivity index is 1.64. The molecule has 0 saturated carbocycles. The molecule has 3 rings (SSSR count). The second kappa shape index (κ2) is 12.3. The number of nitrogens with zero attached hydrogens (tertiary/aromatic N) is 1. The van der Waals surface area contributed by atoms with Gasteiger partial charge in [0.15, 0.2) is 11.5 Å². The van der Waals surface area contributed by atoms with Crippen LogP contribution in [0.1, 0.15) is 36.4 Å². The van der Waals surface area contributed by atoms with Crippen LogP contribution in [-0.2, 0) is 11.2 Å². The van der Waals surface area contributed by atoms with Crippen LogP contribution in [0.5, 0.6) is 11.5 Å². The first-order chi connectivity index (χ1) is 15.2. The minimum Gasteiger partial charge on any atom is -0.493 e. The van der Waals surface area contributed by atoms with Gasteiger partial charge in [-0.25, -0.2) is 0 Å². The quantitative estimate of drug-likeness (QED) is 0.512. The second-order valence-corrected chi connectivity index (χ2v) is 7.88. The smallest absolute Gasteiger partial charge is 0.241 e. The van der Waals surface area contributed by atoms with Crippen molar-refractivity contribution in [2.45, 2.75) is 31.7 Å². The lowest BCUT2D eigenvalue weighted by Crippen LogP contribution is -2.39. The highest BCUT2D eigenvalue weighted by atomic mass is 16.5. The van der Waals surface area contributed by atoms with E-state index in [4.69, 9.17) is 9.47 Å². The number of nitrogens with one attached hydrogen (secondary N) is 3. The van der Waals surface area contributed by atoms with Gasteiger partial charge in [0.1, 0.15) is 6.04 Å². The molecule has 3 N–H and O–H groups in total. The summed E-state index contributed by atoms with van der Waals surface area (Å²) in [6, 6.07) is 9.14. The zero-order valence-corrected chi connectivity index (χ0v) is 18.5. The molecule has 1 aliphatic rings. The number of carbonyl (C=O) groups excluding carboxylic acids is 1. The van der Waals surface area contributed by atoms with Crippen molar-refractivity contribution in [3.63, 3.8) is 0 Å². The number of carbonyl (C=O) groups is 1. The van der Waals surface area contributed by atoms with Gasteiger partial charge in [-0.2, -0.15) is 0 Å². The Kier molecular flexibility index (Phi) is 9.12. The van der Waals surface area contributed by atoms with Crippen molar-refractivity contribution in [3.05, 3.63) is 53.9 Å². The number of hydrogen-bond donors (Lipinski definition) is 3. The van der Waals surface area contributed by atoms with Crippen LogP contribution in [0.25, 0.3) is 0 Å². The van der Waals surface area contributed by atoms with E-state index in [0.29, 0.717) is 24.0 Å². The van der Waals surface area contributed by atoms with Gasteiger partial charge in [-0.15, -0.1) is 0 Å². The van der Waals surface area contributed by atoms with Crippen LogP contribution < -0.4 is 25.4 Å². The molecular weight excluding hydrogens is 392 g/mol. The standard InChI is InChI=1S/C24H34N4O3/c1-30-21-4-3-20(17-22(21)31-2)23(27-15-9-18-5-11-25-12-6-18)24(29)28-16-10-19-7-13-26-14-8-19/h3-4,7-8,13-14,17-18,23,25,27H,5-6,9-12,15-16H2,1-2H3,(H,28,29). The highest BCUT2D eigenvalue weighted by molar-refractivity contribution is 5.83. The third kappa shape index (κ3) is 6.94. The topological polar surface area (TPSA) is 84.5 Å². The first-order valence-electron chi connectivity index (χ1n) is 11.0. The summed E-state index contributed by atoms with van der Waals surface area (Å²) in [6.07, 6.45) is 7.76. The summed E-state index contributed by atoms with van der Waals surface area (Å²) in [4.78, 5) is 17.1. The Morgan fingerprint density at radius 3 is 2.55 bits per heavy atom. The van der Waals surface area contributed by atoms with E-state index in [1.807, 2.05) is 30.3 Å². The third-order valence-electron chi connectivity index (χ3n) is 5.83. The molecule has 0 bridgehead atoms. The molecule has 168 valence electrons. The van der Waals surface area contributed by atoms with E-state index in [1.165, 1.54) is 12.8 Å². The van der Waals surface area contributed by atoms with E-state index in [9.17, 15) is 4.79 Å². The first-order valence-corrected chi connectivity index (χ1v) is 11.0. The maximum absolute atomic E-state index is 13.1. The molecule has 31 heavy (non-hydrogen) atoms. The molecule has 1 aromatic carbocycles. The van der Waals surface area contributed by atoms with Crippen molar-refractivity contribution >= 4 is 5.91 Å². The van der Waals surface area contributed by atoms with E-state index in [0.717, 1.165) is 43.6 Å².